The van der Waals surface area contributed by atoms with Gasteiger partial charge >= 0.3 is 0 Å². The first kappa shape index (κ1) is 17.2. The molecule has 1 fully saturated rings. The molecule has 9 heteroatoms. The maximum absolute atomic E-state index is 11.9. The minimum absolute atomic E-state index is 0.148. The second kappa shape index (κ2) is 7.47. The van der Waals surface area contributed by atoms with Crippen LogP contribution in [0.2, 0.25) is 0 Å². The number of carbonyl (C=O) groups excluding carboxylic acids is 1. The first-order chi connectivity index (χ1) is 12.0. The number of carbonyl (C=O) groups is 1. The van der Waals surface area contributed by atoms with Gasteiger partial charge in [0.2, 0.25) is 21.9 Å². The molecule has 2 heterocycles. The summed E-state index contributed by atoms with van der Waals surface area (Å²) in [4.78, 5) is 20.0. The minimum atomic E-state index is -3.19. The van der Waals surface area contributed by atoms with E-state index < -0.39 is 10.0 Å². The predicted octanol–water partition coefficient (Wildman–Crippen LogP) is 1.46. The molecule has 1 aliphatic rings. The first-order valence-electron chi connectivity index (χ1n) is 7.96. The van der Waals surface area contributed by atoms with Crippen molar-refractivity contribution in [1.29, 1.82) is 0 Å². The lowest BCUT2D eigenvalue weighted by Gasteiger charge is -2.17. The van der Waals surface area contributed by atoms with E-state index >= 15 is 0 Å². The SMILES string of the molecule is O=C(CCNc1ncccn1)Nc1ccc(N2CCCS2(=O)=O)cc1. The fourth-order valence-corrected chi connectivity index (χ4v) is 4.11. The van der Waals surface area contributed by atoms with Crippen molar-refractivity contribution in [3.05, 3.63) is 42.7 Å². The minimum Gasteiger partial charge on any atom is -0.354 e. The van der Waals surface area contributed by atoms with E-state index in [1.54, 1.807) is 42.7 Å². The maximum Gasteiger partial charge on any atom is 0.235 e. The molecule has 1 amide bonds. The van der Waals surface area contributed by atoms with Crippen molar-refractivity contribution in [2.24, 2.45) is 0 Å². The number of rotatable bonds is 6. The zero-order valence-electron chi connectivity index (χ0n) is 13.6. The van der Waals surface area contributed by atoms with Crippen LogP contribution in [0.5, 0.6) is 0 Å². The van der Waals surface area contributed by atoms with E-state index in [2.05, 4.69) is 20.6 Å². The number of nitrogens with one attached hydrogen (secondary N) is 2. The third-order valence-electron chi connectivity index (χ3n) is 3.74. The van der Waals surface area contributed by atoms with Gasteiger partial charge < -0.3 is 10.6 Å². The van der Waals surface area contributed by atoms with Crippen LogP contribution in [0.15, 0.2) is 42.7 Å². The number of nitrogens with zero attached hydrogens (tertiary/aromatic N) is 3. The van der Waals surface area contributed by atoms with Gasteiger partial charge in [0, 0.05) is 37.6 Å². The van der Waals surface area contributed by atoms with E-state index in [0.717, 1.165) is 0 Å². The molecule has 25 heavy (non-hydrogen) atoms. The zero-order chi connectivity index (χ0) is 17.7. The molecular weight excluding hydrogens is 342 g/mol. The van der Waals surface area contributed by atoms with Crippen LogP contribution in [-0.4, -0.2) is 43.1 Å². The Balaban J connectivity index is 1.50. The number of sulfonamides is 1. The van der Waals surface area contributed by atoms with E-state index in [1.165, 1.54) is 4.31 Å². The lowest BCUT2D eigenvalue weighted by molar-refractivity contribution is -0.115. The van der Waals surface area contributed by atoms with Crippen LogP contribution >= 0.6 is 0 Å². The number of hydrogen-bond donors (Lipinski definition) is 2. The molecule has 0 aliphatic carbocycles. The molecule has 0 unspecified atom stereocenters. The van der Waals surface area contributed by atoms with Crippen molar-refractivity contribution in [2.75, 3.05) is 33.8 Å². The Bertz CT molecular complexity index is 825. The highest BCUT2D eigenvalue weighted by Gasteiger charge is 2.28. The topological polar surface area (TPSA) is 104 Å². The average Bonchev–Trinajstić information content (AvgIpc) is 2.96. The summed E-state index contributed by atoms with van der Waals surface area (Å²) >= 11 is 0. The highest BCUT2D eigenvalue weighted by Crippen LogP contribution is 2.25. The molecule has 1 saturated heterocycles. The van der Waals surface area contributed by atoms with Crippen molar-refractivity contribution in [3.8, 4) is 0 Å². The van der Waals surface area contributed by atoms with E-state index in [1.807, 2.05) is 0 Å². The number of anilines is 3. The summed E-state index contributed by atoms with van der Waals surface area (Å²) in [7, 11) is -3.19. The summed E-state index contributed by atoms with van der Waals surface area (Å²) in [6.07, 6.45) is 4.15. The van der Waals surface area contributed by atoms with Gasteiger partial charge in [0.25, 0.3) is 0 Å². The predicted molar refractivity (Wildman–Crippen MR) is 96.0 cm³/mol. The van der Waals surface area contributed by atoms with Crippen LogP contribution in [0, 0.1) is 0 Å². The molecule has 1 aliphatic heterocycles. The van der Waals surface area contributed by atoms with Crippen LogP contribution in [0.3, 0.4) is 0 Å². The fourth-order valence-electron chi connectivity index (χ4n) is 2.54. The Kier molecular flexibility index (Phi) is 5.13. The van der Waals surface area contributed by atoms with Crippen LogP contribution in [0.25, 0.3) is 0 Å². The van der Waals surface area contributed by atoms with Gasteiger partial charge in [0.1, 0.15) is 0 Å². The lowest BCUT2D eigenvalue weighted by atomic mass is 10.2. The van der Waals surface area contributed by atoms with Gasteiger partial charge in [-0.05, 0) is 36.8 Å². The van der Waals surface area contributed by atoms with Gasteiger partial charge in [-0.2, -0.15) is 0 Å². The molecule has 1 aromatic carbocycles. The van der Waals surface area contributed by atoms with Crippen molar-refractivity contribution in [2.45, 2.75) is 12.8 Å². The molecule has 8 nitrogen and oxygen atoms in total. The van der Waals surface area contributed by atoms with Crippen LogP contribution < -0.4 is 14.9 Å². The zero-order valence-corrected chi connectivity index (χ0v) is 14.4. The Hall–Kier alpha value is -2.68. The third kappa shape index (κ3) is 4.44. The highest BCUT2D eigenvalue weighted by molar-refractivity contribution is 7.93. The summed E-state index contributed by atoms with van der Waals surface area (Å²) in [6.45, 7) is 0.918. The molecule has 0 bridgehead atoms. The molecular formula is C16H19N5O3S. The number of hydrogen-bond acceptors (Lipinski definition) is 6. The monoisotopic (exact) mass is 361 g/mol. The maximum atomic E-state index is 11.9. The second-order valence-electron chi connectivity index (χ2n) is 5.59. The van der Waals surface area contributed by atoms with E-state index in [0.29, 0.717) is 36.8 Å². The third-order valence-corrected chi connectivity index (χ3v) is 5.61. The van der Waals surface area contributed by atoms with Gasteiger partial charge in [-0.1, -0.05) is 0 Å². The molecule has 0 atom stereocenters. The highest BCUT2D eigenvalue weighted by atomic mass is 32.2. The van der Waals surface area contributed by atoms with Gasteiger partial charge in [-0.25, -0.2) is 18.4 Å². The van der Waals surface area contributed by atoms with Crippen molar-refractivity contribution in [3.63, 3.8) is 0 Å². The van der Waals surface area contributed by atoms with Gasteiger partial charge in [-0.3, -0.25) is 9.10 Å². The standard InChI is InChI=1S/C16H19N5O3S/c22-15(7-10-19-16-17-8-1-9-18-16)20-13-3-5-14(6-4-13)21-11-2-12-25(21,23)24/h1,3-6,8-9H,2,7,10-12H2,(H,20,22)(H,17,18,19). The van der Waals surface area contributed by atoms with Crippen molar-refractivity contribution in [1.82, 2.24) is 9.97 Å². The van der Waals surface area contributed by atoms with Gasteiger partial charge in [0.15, 0.2) is 0 Å². The van der Waals surface area contributed by atoms with E-state index in [-0.39, 0.29) is 18.1 Å². The fraction of sp³-hybridized carbons (Fsp3) is 0.312. The van der Waals surface area contributed by atoms with Gasteiger partial charge in [-0.15, -0.1) is 0 Å². The number of amides is 1. The second-order valence-corrected chi connectivity index (χ2v) is 7.60. The summed E-state index contributed by atoms with van der Waals surface area (Å²) in [5.41, 5.74) is 1.25. The Morgan fingerprint density at radius 1 is 1.16 bits per heavy atom. The van der Waals surface area contributed by atoms with Crippen LogP contribution in [-0.2, 0) is 14.8 Å². The first-order valence-corrected chi connectivity index (χ1v) is 9.57. The molecule has 2 aromatic rings. The van der Waals surface area contributed by atoms with E-state index in [4.69, 9.17) is 0 Å². The van der Waals surface area contributed by atoms with Crippen LogP contribution in [0.4, 0.5) is 17.3 Å². The van der Waals surface area contributed by atoms with Crippen molar-refractivity contribution >= 4 is 33.3 Å². The molecule has 3 rings (SSSR count). The normalized spacial score (nSPS) is 15.8. The Labute approximate surface area is 146 Å². The summed E-state index contributed by atoms with van der Waals surface area (Å²) in [6, 6.07) is 8.53. The van der Waals surface area contributed by atoms with Gasteiger partial charge in [0.05, 0.1) is 11.4 Å². The van der Waals surface area contributed by atoms with Crippen molar-refractivity contribution < 1.29 is 13.2 Å². The summed E-state index contributed by atoms with van der Waals surface area (Å²) in [5, 5.41) is 5.74. The van der Waals surface area contributed by atoms with Crippen LogP contribution in [0.1, 0.15) is 12.8 Å². The lowest BCUT2D eigenvalue weighted by Crippen LogP contribution is -2.25. The Morgan fingerprint density at radius 3 is 2.52 bits per heavy atom. The number of benzene rings is 1. The average molecular weight is 361 g/mol. The molecule has 2 N–H and O–H groups in total. The molecule has 0 saturated carbocycles. The quantitative estimate of drug-likeness (QED) is 0.807. The summed E-state index contributed by atoms with van der Waals surface area (Å²) < 4.78 is 25.2. The molecule has 0 spiro atoms. The smallest absolute Gasteiger partial charge is 0.235 e. The Morgan fingerprint density at radius 2 is 1.88 bits per heavy atom. The molecule has 0 radical (unpaired) electrons. The largest absolute Gasteiger partial charge is 0.354 e. The molecule has 132 valence electrons. The molecule has 1 aromatic heterocycles. The number of aromatic nitrogens is 2. The van der Waals surface area contributed by atoms with E-state index in [9.17, 15) is 13.2 Å². The summed E-state index contributed by atoms with van der Waals surface area (Å²) in [5.74, 6) is 0.514.